The maximum Gasteiger partial charge on any atom is 0.237 e. The van der Waals surface area contributed by atoms with Crippen molar-refractivity contribution in [2.45, 2.75) is 18.6 Å². The van der Waals surface area contributed by atoms with Gasteiger partial charge in [-0.2, -0.15) is 0 Å². The van der Waals surface area contributed by atoms with Crippen molar-refractivity contribution in [3.05, 3.63) is 22.3 Å². The number of anilines is 1. The number of nitrogens with zero attached hydrogens (tertiary/aromatic N) is 2. The van der Waals surface area contributed by atoms with Crippen LogP contribution in [0.25, 0.3) is 0 Å². The van der Waals surface area contributed by atoms with Crippen LogP contribution in [0, 0.1) is 6.92 Å². The van der Waals surface area contributed by atoms with Crippen LogP contribution in [0.1, 0.15) is 12.0 Å². The van der Waals surface area contributed by atoms with Gasteiger partial charge >= 0.3 is 0 Å². The zero-order chi connectivity index (χ0) is 13.5. The fourth-order valence-electron chi connectivity index (χ4n) is 1.84. The lowest BCUT2D eigenvalue weighted by Gasteiger charge is -2.17. The molecule has 8 heteroatoms. The standard InChI is InChI=1S/C10H10BrClN2O3S/c1-6-2-3-8(11)13-10(6)14-5-7(4-9(14)15)18(12,16)17/h2-3,7H,4-5H2,1H3. The number of hydrogen-bond donors (Lipinski definition) is 0. The highest BCUT2D eigenvalue weighted by Crippen LogP contribution is 2.28. The lowest BCUT2D eigenvalue weighted by Crippen LogP contribution is -2.28. The molecule has 1 aliphatic heterocycles. The van der Waals surface area contributed by atoms with Crippen LogP contribution in [0.3, 0.4) is 0 Å². The Hall–Kier alpha value is -0.660. The molecule has 1 amide bonds. The Morgan fingerprint density at radius 2 is 2.17 bits per heavy atom. The number of aromatic nitrogens is 1. The fraction of sp³-hybridized carbons (Fsp3) is 0.400. The zero-order valence-corrected chi connectivity index (χ0v) is 12.6. The van der Waals surface area contributed by atoms with Crippen LogP contribution in [0.5, 0.6) is 0 Å². The van der Waals surface area contributed by atoms with Gasteiger partial charge < -0.3 is 0 Å². The van der Waals surface area contributed by atoms with Crippen LogP contribution in [0.4, 0.5) is 5.82 Å². The molecule has 0 radical (unpaired) electrons. The van der Waals surface area contributed by atoms with E-state index in [1.54, 1.807) is 6.07 Å². The molecular weight excluding hydrogens is 344 g/mol. The number of rotatable bonds is 2. The summed E-state index contributed by atoms with van der Waals surface area (Å²) in [5.41, 5.74) is 0.805. The minimum Gasteiger partial charge on any atom is -0.295 e. The topological polar surface area (TPSA) is 67.3 Å². The van der Waals surface area contributed by atoms with Gasteiger partial charge in [-0.15, -0.1) is 0 Å². The van der Waals surface area contributed by atoms with Crippen LogP contribution in [0.2, 0.25) is 0 Å². The Balaban J connectivity index is 2.35. The van der Waals surface area contributed by atoms with Gasteiger partial charge in [0.2, 0.25) is 15.0 Å². The lowest BCUT2D eigenvalue weighted by atomic mass is 10.3. The average Bonchev–Trinajstić information content (AvgIpc) is 2.64. The SMILES string of the molecule is Cc1ccc(Br)nc1N1CC(S(=O)(=O)Cl)CC1=O. The van der Waals surface area contributed by atoms with E-state index in [0.29, 0.717) is 10.4 Å². The normalized spacial score (nSPS) is 20.5. The number of carbonyl (C=O) groups excluding carboxylic acids is 1. The predicted octanol–water partition coefficient (Wildman–Crippen LogP) is 1.83. The van der Waals surface area contributed by atoms with E-state index < -0.39 is 14.3 Å². The first-order chi connectivity index (χ1) is 8.29. The number of aryl methyl sites for hydroxylation is 1. The summed E-state index contributed by atoms with van der Waals surface area (Å²) < 4.78 is 23.1. The summed E-state index contributed by atoms with van der Waals surface area (Å²) in [6.45, 7) is 1.86. The third-order valence-corrected chi connectivity index (χ3v) is 5.09. The quantitative estimate of drug-likeness (QED) is 0.601. The molecular formula is C10H10BrClN2O3S. The summed E-state index contributed by atoms with van der Waals surface area (Å²) in [4.78, 5) is 17.4. The van der Waals surface area contributed by atoms with Gasteiger partial charge in [0.05, 0.1) is 0 Å². The van der Waals surface area contributed by atoms with Crippen molar-refractivity contribution in [3.8, 4) is 0 Å². The van der Waals surface area contributed by atoms with Gasteiger partial charge in [-0.25, -0.2) is 13.4 Å². The van der Waals surface area contributed by atoms with E-state index in [1.807, 2.05) is 13.0 Å². The van der Waals surface area contributed by atoms with Crippen LogP contribution in [-0.2, 0) is 13.8 Å². The van der Waals surface area contributed by atoms with Gasteiger partial charge in [-0.05, 0) is 34.5 Å². The first-order valence-electron chi connectivity index (χ1n) is 5.16. The van der Waals surface area contributed by atoms with Crippen molar-refractivity contribution in [2.24, 2.45) is 0 Å². The van der Waals surface area contributed by atoms with Gasteiger partial charge in [0.1, 0.15) is 15.7 Å². The number of hydrogen-bond acceptors (Lipinski definition) is 4. The van der Waals surface area contributed by atoms with E-state index in [0.717, 1.165) is 5.56 Å². The fourth-order valence-corrected chi connectivity index (χ4v) is 3.16. The Kier molecular flexibility index (Phi) is 3.66. The minimum atomic E-state index is -3.73. The smallest absolute Gasteiger partial charge is 0.237 e. The van der Waals surface area contributed by atoms with Crippen molar-refractivity contribution in [1.29, 1.82) is 0 Å². The summed E-state index contributed by atoms with van der Waals surface area (Å²) >= 11 is 3.22. The van der Waals surface area contributed by atoms with Crippen molar-refractivity contribution < 1.29 is 13.2 Å². The van der Waals surface area contributed by atoms with E-state index in [-0.39, 0.29) is 18.9 Å². The van der Waals surface area contributed by atoms with Gasteiger partial charge in [-0.1, -0.05) is 6.07 Å². The maximum atomic E-state index is 11.8. The van der Waals surface area contributed by atoms with Gasteiger partial charge in [0.15, 0.2) is 0 Å². The molecule has 0 saturated carbocycles. The highest BCUT2D eigenvalue weighted by Gasteiger charge is 2.39. The highest BCUT2D eigenvalue weighted by atomic mass is 79.9. The molecule has 1 atom stereocenters. The average molecular weight is 354 g/mol. The Morgan fingerprint density at radius 3 is 2.72 bits per heavy atom. The summed E-state index contributed by atoms with van der Waals surface area (Å²) in [5.74, 6) is 0.190. The highest BCUT2D eigenvalue weighted by molar-refractivity contribution is 9.10. The lowest BCUT2D eigenvalue weighted by molar-refractivity contribution is -0.117. The molecule has 1 aliphatic rings. The number of pyridine rings is 1. The summed E-state index contributed by atoms with van der Waals surface area (Å²) in [5, 5.41) is -0.869. The molecule has 0 aromatic carbocycles. The molecule has 1 aromatic rings. The second kappa shape index (κ2) is 4.79. The second-order valence-electron chi connectivity index (χ2n) is 4.08. The van der Waals surface area contributed by atoms with Crippen LogP contribution in [-0.4, -0.2) is 31.1 Å². The van der Waals surface area contributed by atoms with E-state index in [9.17, 15) is 13.2 Å². The van der Waals surface area contributed by atoms with E-state index >= 15 is 0 Å². The molecule has 1 saturated heterocycles. The molecule has 5 nitrogen and oxygen atoms in total. The second-order valence-corrected chi connectivity index (χ2v) is 7.80. The van der Waals surface area contributed by atoms with Crippen molar-refractivity contribution in [2.75, 3.05) is 11.4 Å². The van der Waals surface area contributed by atoms with E-state index in [2.05, 4.69) is 20.9 Å². The summed E-state index contributed by atoms with van der Waals surface area (Å²) in [6, 6.07) is 3.57. The third kappa shape index (κ3) is 2.67. The van der Waals surface area contributed by atoms with Crippen molar-refractivity contribution >= 4 is 47.4 Å². The first kappa shape index (κ1) is 13.8. The predicted molar refractivity (Wildman–Crippen MR) is 72.2 cm³/mol. The molecule has 18 heavy (non-hydrogen) atoms. The monoisotopic (exact) mass is 352 g/mol. The van der Waals surface area contributed by atoms with Crippen LogP contribution < -0.4 is 4.90 Å². The van der Waals surface area contributed by atoms with Gasteiger partial charge in [0.25, 0.3) is 0 Å². The first-order valence-corrected chi connectivity index (χ1v) is 8.32. The van der Waals surface area contributed by atoms with E-state index in [4.69, 9.17) is 10.7 Å². The molecule has 1 unspecified atom stereocenters. The molecule has 0 aliphatic carbocycles. The maximum absolute atomic E-state index is 11.8. The molecule has 98 valence electrons. The molecule has 0 spiro atoms. The minimum absolute atomic E-state index is 0.0506. The Labute approximate surface area is 118 Å². The van der Waals surface area contributed by atoms with E-state index in [1.165, 1.54) is 4.90 Å². The van der Waals surface area contributed by atoms with Crippen LogP contribution >= 0.6 is 26.6 Å². The Bertz CT molecular complexity index is 605. The summed E-state index contributed by atoms with van der Waals surface area (Å²) in [6.07, 6.45) is -0.0978. The van der Waals surface area contributed by atoms with Gasteiger partial charge in [0, 0.05) is 23.6 Å². The zero-order valence-electron chi connectivity index (χ0n) is 9.43. The molecule has 2 rings (SSSR count). The molecule has 0 N–H and O–H groups in total. The third-order valence-electron chi connectivity index (χ3n) is 2.78. The summed E-state index contributed by atoms with van der Waals surface area (Å²) in [7, 11) is 1.56. The number of halogens is 2. The van der Waals surface area contributed by atoms with Gasteiger partial charge in [-0.3, -0.25) is 9.69 Å². The molecule has 2 heterocycles. The number of amides is 1. The number of carbonyl (C=O) groups is 1. The molecule has 1 fully saturated rings. The molecule has 1 aromatic heterocycles. The Morgan fingerprint density at radius 1 is 1.50 bits per heavy atom. The van der Waals surface area contributed by atoms with Crippen molar-refractivity contribution in [1.82, 2.24) is 4.98 Å². The molecule has 0 bridgehead atoms. The van der Waals surface area contributed by atoms with Crippen molar-refractivity contribution in [3.63, 3.8) is 0 Å². The van der Waals surface area contributed by atoms with Crippen LogP contribution in [0.15, 0.2) is 16.7 Å². The largest absolute Gasteiger partial charge is 0.295 e.